The second-order valence-corrected chi connectivity index (χ2v) is 9.91. The number of rotatable bonds is 8. The standard InChI is InChI=1S/C17H16N4O3.C16H13N3O4.Na/c1-19-16(22)13-14(18)12-8-5-9-20-15(12)21(17(13)23)24-10-11-6-3-2-4-7-11;17-13-11-7-4-8-18-14(11)19(15(20)12(13)16(21)22)23-9-10-5-2-1-3-6-10;/h2-9H,10,18H2,1H3,(H,19,22);1-8H,9,17H2,(H,21,22);/q;;+1/p-1. The quantitative estimate of drug-likeness (QED) is 0.152. The molecular formula is C33H28N7NaO7. The Hall–Kier alpha value is -5.70. The van der Waals surface area contributed by atoms with Crippen molar-refractivity contribution in [2.75, 3.05) is 18.5 Å². The maximum absolute atomic E-state index is 12.7. The van der Waals surface area contributed by atoms with E-state index < -0.39 is 28.6 Å². The van der Waals surface area contributed by atoms with Crippen LogP contribution in [0.15, 0.2) is 107 Å². The van der Waals surface area contributed by atoms with E-state index in [2.05, 4.69) is 15.3 Å². The number of pyridine rings is 4. The van der Waals surface area contributed by atoms with Crippen molar-refractivity contribution in [3.8, 4) is 0 Å². The summed E-state index contributed by atoms with van der Waals surface area (Å²) in [5, 5.41) is 14.4. The van der Waals surface area contributed by atoms with E-state index in [1.807, 2.05) is 60.7 Å². The molecule has 6 rings (SSSR count). The van der Waals surface area contributed by atoms with E-state index in [-0.39, 0.29) is 71.0 Å². The van der Waals surface area contributed by atoms with Gasteiger partial charge in [0.1, 0.15) is 18.8 Å². The van der Waals surface area contributed by atoms with Crippen LogP contribution >= 0.6 is 0 Å². The number of nitrogen functional groups attached to an aromatic ring is 2. The van der Waals surface area contributed by atoms with Gasteiger partial charge in [0.2, 0.25) is 0 Å². The fraction of sp³-hybridized carbons (Fsp3) is 0.0909. The summed E-state index contributed by atoms with van der Waals surface area (Å²) in [4.78, 5) is 67.7. The summed E-state index contributed by atoms with van der Waals surface area (Å²) < 4.78 is 1.85. The van der Waals surface area contributed by atoms with Crippen molar-refractivity contribution in [1.82, 2.24) is 24.7 Å². The third-order valence-corrected chi connectivity index (χ3v) is 6.94. The largest absolute Gasteiger partial charge is 1.00 e. The Morgan fingerprint density at radius 1 is 0.708 bits per heavy atom. The van der Waals surface area contributed by atoms with E-state index in [9.17, 15) is 24.3 Å². The van der Waals surface area contributed by atoms with Crippen molar-refractivity contribution >= 4 is 45.3 Å². The SMILES string of the molecule is CNC(=O)c1c(N)c2cccnc2n(OCc2ccccc2)c1=O.Nc1c(C(=O)[O-])c(=O)n(OCc2ccccc2)c2ncccc12.[Na+]. The molecule has 0 bridgehead atoms. The number of carboxylic acids is 1. The summed E-state index contributed by atoms with van der Waals surface area (Å²) >= 11 is 0. The monoisotopic (exact) mass is 657 g/mol. The zero-order valence-corrected chi connectivity index (χ0v) is 28.0. The first-order valence-corrected chi connectivity index (χ1v) is 14.1. The average molecular weight is 658 g/mol. The van der Waals surface area contributed by atoms with E-state index in [1.165, 1.54) is 19.4 Å². The number of carboxylic acid groups (broad SMARTS) is 1. The van der Waals surface area contributed by atoms with Crippen molar-refractivity contribution in [2.24, 2.45) is 0 Å². The van der Waals surface area contributed by atoms with Crippen LogP contribution in [0.25, 0.3) is 22.1 Å². The predicted molar refractivity (Wildman–Crippen MR) is 172 cm³/mol. The minimum atomic E-state index is -1.66. The number of amides is 1. The summed E-state index contributed by atoms with van der Waals surface area (Å²) in [6.07, 6.45) is 2.99. The van der Waals surface area contributed by atoms with Gasteiger partial charge in [-0.05, 0) is 35.4 Å². The second-order valence-electron chi connectivity index (χ2n) is 9.91. The molecule has 0 aliphatic rings. The van der Waals surface area contributed by atoms with Crippen LogP contribution in [0.2, 0.25) is 0 Å². The number of nitrogens with two attached hydrogens (primary N) is 2. The molecule has 15 heteroatoms. The number of anilines is 2. The van der Waals surface area contributed by atoms with Gasteiger partial charge in [-0.15, -0.1) is 9.46 Å². The van der Waals surface area contributed by atoms with Crippen molar-refractivity contribution < 1.29 is 53.9 Å². The van der Waals surface area contributed by atoms with Crippen LogP contribution in [0.5, 0.6) is 0 Å². The average Bonchev–Trinajstić information content (AvgIpc) is 3.09. The Balaban J connectivity index is 0.000000212. The van der Waals surface area contributed by atoms with Gasteiger partial charge in [-0.1, -0.05) is 60.7 Å². The molecule has 0 saturated heterocycles. The Labute approximate surface area is 294 Å². The fourth-order valence-corrected chi connectivity index (χ4v) is 4.64. The van der Waals surface area contributed by atoms with Crippen LogP contribution in [0.1, 0.15) is 31.8 Å². The summed E-state index contributed by atoms with van der Waals surface area (Å²) in [6.45, 7) is 0.229. The number of aromatic nitrogens is 4. The van der Waals surface area contributed by atoms with E-state index in [4.69, 9.17) is 21.1 Å². The van der Waals surface area contributed by atoms with Crippen molar-refractivity contribution in [3.05, 3.63) is 140 Å². The molecule has 0 spiro atoms. The molecule has 6 aromatic rings. The van der Waals surface area contributed by atoms with Gasteiger partial charge >= 0.3 is 29.6 Å². The molecule has 1 amide bonds. The minimum Gasteiger partial charge on any atom is -0.545 e. The molecule has 0 unspecified atom stereocenters. The van der Waals surface area contributed by atoms with Gasteiger partial charge < -0.3 is 36.4 Å². The topological polar surface area (TPSA) is 210 Å². The molecule has 2 aromatic carbocycles. The number of benzene rings is 2. The Morgan fingerprint density at radius 3 is 1.54 bits per heavy atom. The molecule has 238 valence electrons. The van der Waals surface area contributed by atoms with Crippen LogP contribution in [0.3, 0.4) is 0 Å². The van der Waals surface area contributed by atoms with Gasteiger partial charge in [-0.2, -0.15) is 0 Å². The van der Waals surface area contributed by atoms with Gasteiger partial charge in [0, 0.05) is 30.2 Å². The molecule has 0 atom stereocenters. The third kappa shape index (κ3) is 7.31. The number of aromatic carboxylic acids is 1. The van der Waals surface area contributed by atoms with Crippen LogP contribution < -0.4 is 72.2 Å². The van der Waals surface area contributed by atoms with E-state index in [1.54, 1.807) is 24.3 Å². The van der Waals surface area contributed by atoms with Gasteiger partial charge in [0.15, 0.2) is 11.3 Å². The van der Waals surface area contributed by atoms with E-state index in [0.717, 1.165) is 20.6 Å². The number of hydrogen-bond donors (Lipinski definition) is 3. The molecule has 4 heterocycles. The molecule has 0 fully saturated rings. The van der Waals surface area contributed by atoms with Crippen molar-refractivity contribution in [3.63, 3.8) is 0 Å². The number of nitrogens with one attached hydrogen (secondary N) is 1. The number of hydrogen-bond acceptors (Lipinski definition) is 11. The van der Waals surface area contributed by atoms with Gasteiger partial charge in [-0.25, -0.2) is 9.97 Å². The summed E-state index contributed by atoms with van der Waals surface area (Å²) in [6, 6.07) is 25.0. The molecule has 14 nitrogen and oxygen atoms in total. The Bertz CT molecular complexity index is 2210. The minimum absolute atomic E-state index is 0. The summed E-state index contributed by atoms with van der Waals surface area (Å²) in [5.41, 5.74) is 11.4. The fourth-order valence-electron chi connectivity index (χ4n) is 4.64. The molecule has 0 saturated carbocycles. The van der Waals surface area contributed by atoms with Crippen LogP contribution in [-0.4, -0.2) is 38.4 Å². The molecule has 4 aromatic heterocycles. The predicted octanol–water partition coefficient (Wildman–Crippen LogP) is -2.06. The second kappa shape index (κ2) is 15.7. The molecule has 0 radical (unpaired) electrons. The number of carbonyl (C=O) groups is 2. The first kappa shape index (κ1) is 35.2. The first-order valence-electron chi connectivity index (χ1n) is 14.1. The maximum atomic E-state index is 12.7. The number of carbonyl (C=O) groups excluding carboxylic acids is 2. The molecule has 5 N–H and O–H groups in total. The van der Waals surface area contributed by atoms with Crippen LogP contribution in [-0.2, 0) is 13.2 Å². The Kier molecular flexibility index (Phi) is 11.5. The zero-order chi connectivity index (χ0) is 33.5. The van der Waals surface area contributed by atoms with Crippen molar-refractivity contribution in [2.45, 2.75) is 13.2 Å². The summed E-state index contributed by atoms with van der Waals surface area (Å²) in [5.74, 6) is -2.23. The maximum Gasteiger partial charge on any atom is 1.00 e. The first-order chi connectivity index (χ1) is 22.7. The van der Waals surface area contributed by atoms with Crippen LogP contribution in [0, 0.1) is 0 Å². The molecule has 0 aliphatic heterocycles. The van der Waals surface area contributed by atoms with Gasteiger partial charge in [-0.3, -0.25) is 14.4 Å². The van der Waals surface area contributed by atoms with E-state index in [0.29, 0.717) is 10.8 Å². The smallest absolute Gasteiger partial charge is 0.545 e. The summed E-state index contributed by atoms with van der Waals surface area (Å²) in [7, 11) is 1.43. The van der Waals surface area contributed by atoms with Gasteiger partial charge in [0.05, 0.1) is 22.9 Å². The van der Waals surface area contributed by atoms with Gasteiger partial charge in [0.25, 0.3) is 17.0 Å². The van der Waals surface area contributed by atoms with Crippen molar-refractivity contribution in [1.29, 1.82) is 0 Å². The normalized spacial score (nSPS) is 10.4. The molecular weight excluding hydrogens is 629 g/mol. The molecule has 0 aliphatic carbocycles. The number of nitrogens with zero attached hydrogens (tertiary/aromatic N) is 4. The van der Waals surface area contributed by atoms with Crippen LogP contribution in [0.4, 0.5) is 11.4 Å². The zero-order valence-electron chi connectivity index (χ0n) is 26.0. The van der Waals surface area contributed by atoms with E-state index >= 15 is 0 Å². The third-order valence-electron chi connectivity index (χ3n) is 6.94. The number of fused-ring (bicyclic) bond motifs is 2. The molecule has 48 heavy (non-hydrogen) atoms. The Morgan fingerprint density at radius 2 is 1.12 bits per heavy atom.